The van der Waals surface area contributed by atoms with Gasteiger partial charge in [-0.25, -0.2) is 4.98 Å². The molecule has 0 radical (unpaired) electrons. The van der Waals surface area contributed by atoms with Crippen LogP contribution >= 0.6 is 11.3 Å². The van der Waals surface area contributed by atoms with Crippen molar-refractivity contribution in [2.24, 2.45) is 0 Å². The summed E-state index contributed by atoms with van der Waals surface area (Å²) in [6.45, 7) is 4.76. The van der Waals surface area contributed by atoms with Crippen LogP contribution in [-0.4, -0.2) is 54.0 Å². The molecule has 0 saturated carbocycles. The van der Waals surface area contributed by atoms with Crippen molar-refractivity contribution in [3.63, 3.8) is 0 Å². The molecule has 2 atom stereocenters. The van der Waals surface area contributed by atoms with E-state index in [1.54, 1.807) is 11.3 Å². The first kappa shape index (κ1) is 21.2. The molecule has 6 nitrogen and oxygen atoms in total. The number of aromatic nitrogens is 1. The van der Waals surface area contributed by atoms with Crippen molar-refractivity contribution >= 4 is 27.5 Å². The van der Waals surface area contributed by atoms with Gasteiger partial charge in [0.2, 0.25) is 5.91 Å². The maximum absolute atomic E-state index is 13.2. The average Bonchev–Trinajstić information content (AvgIpc) is 3.38. The lowest BCUT2D eigenvalue weighted by atomic mass is 10.0. The molecule has 0 bridgehead atoms. The predicted octanol–water partition coefficient (Wildman–Crippen LogP) is 4.81. The summed E-state index contributed by atoms with van der Waals surface area (Å²) in [4.78, 5) is 22.1. The third-order valence-corrected chi connectivity index (χ3v) is 7.71. The zero-order valence-corrected chi connectivity index (χ0v) is 19.4. The van der Waals surface area contributed by atoms with Crippen LogP contribution < -0.4 is 9.47 Å². The van der Waals surface area contributed by atoms with Crippen LogP contribution in [0, 0.1) is 0 Å². The number of hydrogen-bond donors (Lipinski definition) is 0. The molecule has 1 saturated heterocycles. The minimum atomic E-state index is -0.0565. The number of carbonyl (C=O) groups is 1. The van der Waals surface area contributed by atoms with Crippen molar-refractivity contribution in [1.82, 2.24) is 14.8 Å². The molecule has 32 heavy (non-hydrogen) atoms. The summed E-state index contributed by atoms with van der Waals surface area (Å²) in [5.41, 5.74) is 2.19. The van der Waals surface area contributed by atoms with Gasteiger partial charge in [-0.1, -0.05) is 18.2 Å². The Morgan fingerprint density at radius 3 is 2.84 bits per heavy atom. The van der Waals surface area contributed by atoms with Gasteiger partial charge >= 0.3 is 0 Å². The van der Waals surface area contributed by atoms with Crippen molar-refractivity contribution < 1.29 is 14.3 Å². The summed E-state index contributed by atoms with van der Waals surface area (Å²) < 4.78 is 12.8. The molecule has 2 aliphatic rings. The van der Waals surface area contributed by atoms with E-state index in [1.807, 2.05) is 36.2 Å². The number of likely N-dealkylation sites (N-methyl/N-ethyl adjacent to an activating group) is 1. The third-order valence-electron chi connectivity index (χ3n) is 6.50. The number of nitrogens with zero attached hydrogens (tertiary/aromatic N) is 3. The molecule has 0 spiro atoms. The van der Waals surface area contributed by atoms with Gasteiger partial charge in [0, 0.05) is 19.5 Å². The Labute approximate surface area is 192 Å². The van der Waals surface area contributed by atoms with Gasteiger partial charge in [0.15, 0.2) is 11.5 Å². The van der Waals surface area contributed by atoms with Gasteiger partial charge < -0.3 is 14.4 Å². The molecular weight excluding hydrogens is 422 g/mol. The van der Waals surface area contributed by atoms with Gasteiger partial charge in [0.25, 0.3) is 0 Å². The van der Waals surface area contributed by atoms with Crippen molar-refractivity contribution in [2.75, 3.05) is 33.4 Å². The molecule has 5 rings (SSSR count). The summed E-state index contributed by atoms with van der Waals surface area (Å²) in [5.74, 6) is 1.76. The summed E-state index contributed by atoms with van der Waals surface area (Å²) in [6.07, 6.45) is 3.03. The van der Waals surface area contributed by atoms with Crippen LogP contribution in [0.5, 0.6) is 11.5 Å². The molecule has 1 aromatic heterocycles. The molecule has 168 valence electrons. The van der Waals surface area contributed by atoms with E-state index in [2.05, 4.69) is 30.0 Å². The number of carbonyl (C=O) groups excluding carboxylic acids is 1. The molecule has 0 aliphatic carbocycles. The molecular formula is C25H29N3O3S. The summed E-state index contributed by atoms with van der Waals surface area (Å²) >= 11 is 1.66. The first-order valence-electron chi connectivity index (χ1n) is 11.3. The zero-order chi connectivity index (χ0) is 22.1. The van der Waals surface area contributed by atoms with E-state index in [9.17, 15) is 4.79 Å². The van der Waals surface area contributed by atoms with Crippen LogP contribution in [-0.2, 0) is 4.79 Å². The number of rotatable bonds is 5. The van der Waals surface area contributed by atoms with Crippen LogP contribution in [0.3, 0.4) is 0 Å². The van der Waals surface area contributed by atoms with Crippen LogP contribution in [0.25, 0.3) is 10.2 Å². The Kier molecular flexibility index (Phi) is 6.02. The lowest BCUT2D eigenvalue weighted by molar-refractivity contribution is -0.133. The number of para-hydroxylation sites is 1. The highest BCUT2D eigenvalue weighted by molar-refractivity contribution is 7.18. The van der Waals surface area contributed by atoms with Gasteiger partial charge in [-0.3, -0.25) is 9.69 Å². The van der Waals surface area contributed by atoms with Gasteiger partial charge in [0.1, 0.15) is 5.01 Å². The minimum Gasteiger partial charge on any atom is -0.490 e. The van der Waals surface area contributed by atoms with Crippen LogP contribution in [0.1, 0.15) is 48.8 Å². The molecule has 0 N–H and O–H groups in total. The van der Waals surface area contributed by atoms with E-state index >= 15 is 0 Å². The first-order chi connectivity index (χ1) is 15.6. The van der Waals surface area contributed by atoms with Crippen molar-refractivity contribution in [3.8, 4) is 11.5 Å². The second-order valence-electron chi connectivity index (χ2n) is 8.59. The smallest absolute Gasteiger partial charge is 0.237 e. The summed E-state index contributed by atoms with van der Waals surface area (Å²) in [7, 11) is 1.89. The molecule has 3 heterocycles. The third kappa shape index (κ3) is 4.19. The van der Waals surface area contributed by atoms with Crippen LogP contribution in [0.15, 0.2) is 42.5 Å². The highest BCUT2D eigenvalue weighted by Gasteiger charge is 2.30. The van der Waals surface area contributed by atoms with Crippen molar-refractivity contribution in [1.29, 1.82) is 0 Å². The average molecular weight is 452 g/mol. The fourth-order valence-corrected chi connectivity index (χ4v) is 5.58. The van der Waals surface area contributed by atoms with Crippen molar-refractivity contribution in [2.45, 2.75) is 38.3 Å². The standard InChI is InChI=1S/C25H29N3O3S/c1-17(25-26-19-7-3-4-9-23(19)32-25)27(2)24(29)16-28-12-5-8-20(28)18-10-11-21-22(15-18)31-14-6-13-30-21/h3-4,7,9-11,15,17,20H,5-6,8,12-14,16H2,1-2H3/t17-,20+/m0/s1. The first-order valence-corrected chi connectivity index (χ1v) is 12.2. The van der Waals surface area contributed by atoms with Crippen LogP contribution in [0.2, 0.25) is 0 Å². The maximum atomic E-state index is 13.2. The van der Waals surface area contributed by atoms with E-state index in [1.165, 1.54) is 5.56 Å². The monoisotopic (exact) mass is 451 g/mol. The van der Waals surface area contributed by atoms with Gasteiger partial charge in [-0.05, 0) is 56.1 Å². The Morgan fingerprint density at radius 2 is 2.00 bits per heavy atom. The number of ether oxygens (including phenoxy) is 2. The molecule has 0 unspecified atom stereocenters. The molecule has 1 fully saturated rings. The minimum absolute atomic E-state index is 0.0565. The van der Waals surface area contributed by atoms with E-state index in [0.29, 0.717) is 19.8 Å². The van der Waals surface area contributed by atoms with E-state index in [0.717, 1.165) is 52.5 Å². The Bertz CT molecular complexity index is 1080. The second-order valence-corrected chi connectivity index (χ2v) is 9.65. The number of hydrogen-bond acceptors (Lipinski definition) is 6. The van der Waals surface area contributed by atoms with E-state index in [4.69, 9.17) is 14.5 Å². The predicted molar refractivity (Wildman–Crippen MR) is 126 cm³/mol. The quantitative estimate of drug-likeness (QED) is 0.557. The molecule has 7 heteroatoms. The lowest BCUT2D eigenvalue weighted by Crippen LogP contribution is -2.39. The Hall–Kier alpha value is -2.64. The fourth-order valence-electron chi connectivity index (χ4n) is 4.52. The van der Waals surface area contributed by atoms with Crippen molar-refractivity contribution in [3.05, 3.63) is 53.0 Å². The number of likely N-dealkylation sites (tertiary alicyclic amines) is 1. The Balaban J connectivity index is 1.28. The van der Waals surface area contributed by atoms with Gasteiger partial charge in [0.05, 0.1) is 36.0 Å². The number of fused-ring (bicyclic) bond motifs is 2. The SMILES string of the molecule is C[C@@H](c1nc2ccccc2s1)N(C)C(=O)CN1CCC[C@@H]1c1ccc2c(c1)OCCCO2. The molecule has 2 aliphatic heterocycles. The van der Waals surface area contributed by atoms with Gasteiger partial charge in [-0.2, -0.15) is 0 Å². The summed E-state index contributed by atoms with van der Waals surface area (Å²) in [5, 5.41) is 0.975. The fraction of sp³-hybridized carbons (Fsp3) is 0.440. The highest BCUT2D eigenvalue weighted by atomic mass is 32.1. The maximum Gasteiger partial charge on any atom is 0.237 e. The largest absolute Gasteiger partial charge is 0.490 e. The summed E-state index contributed by atoms with van der Waals surface area (Å²) in [6, 6.07) is 14.5. The molecule has 2 aromatic carbocycles. The van der Waals surface area contributed by atoms with E-state index in [-0.39, 0.29) is 18.0 Å². The van der Waals surface area contributed by atoms with Gasteiger partial charge in [-0.15, -0.1) is 11.3 Å². The molecule has 3 aromatic rings. The molecule has 1 amide bonds. The lowest BCUT2D eigenvalue weighted by Gasteiger charge is -2.29. The second kappa shape index (κ2) is 9.08. The number of benzene rings is 2. The van der Waals surface area contributed by atoms with Crippen LogP contribution in [0.4, 0.5) is 0 Å². The Morgan fingerprint density at radius 1 is 1.19 bits per heavy atom. The number of thiazole rings is 1. The van der Waals surface area contributed by atoms with E-state index < -0.39 is 0 Å². The topological polar surface area (TPSA) is 54.9 Å². The zero-order valence-electron chi connectivity index (χ0n) is 18.6. The number of amides is 1. The highest BCUT2D eigenvalue weighted by Crippen LogP contribution is 2.38. The normalized spacial score (nSPS) is 19.6.